The van der Waals surface area contributed by atoms with Crippen molar-refractivity contribution < 1.29 is 14.3 Å². The van der Waals surface area contributed by atoms with Gasteiger partial charge in [0.25, 0.3) is 0 Å². The molecule has 0 amide bonds. The van der Waals surface area contributed by atoms with Crippen LogP contribution in [0.2, 0.25) is 0 Å². The SMILES string of the molecule is C=C(C)CC(C(=O)O)c1ccc(F)cc1. The van der Waals surface area contributed by atoms with Crippen LogP contribution in [0, 0.1) is 5.82 Å². The first-order valence-electron chi connectivity index (χ1n) is 4.63. The number of hydrogen-bond acceptors (Lipinski definition) is 1. The third-order valence-corrected chi connectivity index (χ3v) is 2.12. The molecule has 1 aromatic rings. The van der Waals surface area contributed by atoms with Crippen LogP contribution in [0.15, 0.2) is 36.4 Å². The summed E-state index contributed by atoms with van der Waals surface area (Å²) in [6, 6.07) is 5.53. The number of benzene rings is 1. The highest BCUT2D eigenvalue weighted by molar-refractivity contribution is 5.76. The Morgan fingerprint density at radius 3 is 2.40 bits per heavy atom. The van der Waals surface area contributed by atoms with Gasteiger partial charge < -0.3 is 5.11 Å². The van der Waals surface area contributed by atoms with E-state index < -0.39 is 11.9 Å². The molecule has 1 N–H and O–H groups in total. The molecule has 15 heavy (non-hydrogen) atoms. The Labute approximate surface area is 88.1 Å². The van der Waals surface area contributed by atoms with E-state index in [1.807, 2.05) is 0 Å². The molecule has 2 nitrogen and oxygen atoms in total. The Hall–Kier alpha value is -1.64. The number of carboxylic acid groups (broad SMARTS) is 1. The first-order chi connectivity index (χ1) is 7.00. The average Bonchev–Trinajstić information content (AvgIpc) is 2.15. The van der Waals surface area contributed by atoms with Gasteiger partial charge in [0, 0.05) is 0 Å². The maximum atomic E-state index is 12.6. The van der Waals surface area contributed by atoms with Crippen molar-refractivity contribution in [1.82, 2.24) is 0 Å². The maximum absolute atomic E-state index is 12.6. The van der Waals surface area contributed by atoms with Crippen molar-refractivity contribution in [1.29, 1.82) is 0 Å². The van der Waals surface area contributed by atoms with Crippen molar-refractivity contribution in [3.8, 4) is 0 Å². The van der Waals surface area contributed by atoms with Crippen LogP contribution in [-0.4, -0.2) is 11.1 Å². The highest BCUT2D eigenvalue weighted by atomic mass is 19.1. The number of rotatable bonds is 4. The summed E-state index contributed by atoms with van der Waals surface area (Å²) < 4.78 is 12.6. The summed E-state index contributed by atoms with van der Waals surface area (Å²) in [4.78, 5) is 11.0. The van der Waals surface area contributed by atoms with Gasteiger partial charge in [0.2, 0.25) is 0 Å². The Bertz CT molecular complexity index is 368. The monoisotopic (exact) mass is 208 g/mol. The number of carboxylic acids is 1. The smallest absolute Gasteiger partial charge is 0.311 e. The van der Waals surface area contributed by atoms with E-state index in [-0.39, 0.29) is 5.82 Å². The molecule has 0 heterocycles. The zero-order chi connectivity index (χ0) is 11.4. The van der Waals surface area contributed by atoms with Crippen LogP contribution < -0.4 is 0 Å². The second-order valence-electron chi connectivity index (χ2n) is 3.60. The first kappa shape index (κ1) is 11.4. The largest absolute Gasteiger partial charge is 0.481 e. The predicted molar refractivity (Wildman–Crippen MR) is 56.2 cm³/mol. The normalized spacial score (nSPS) is 12.1. The molecule has 0 spiro atoms. The van der Waals surface area contributed by atoms with Crippen molar-refractivity contribution in [2.24, 2.45) is 0 Å². The summed E-state index contributed by atoms with van der Waals surface area (Å²) in [6.07, 6.45) is 0.376. The Morgan fingerprint density at radius 1 is 1.47 bits per heavy atom. The lowest BCUT2D eigenvalue weighted by Gasteiger charge is -2.12. The molecule has 1 atom stereocenters. The summed E-state index contributed by atoms with van der Waals surface area (Å²) >= 11 is 0. The third kappa shape index (κ3) is 3.20. The lowest BCUT2D eigenvalue weighted by molar-refractivity contribution is -0.138. The van der Waals surface area contributed by atoms with Gasteiger partial charge in [-0.05, 0) is 31.0 Å². The predicted octanol–water partition coefficient (Wildman–Crippen LogP) is 2.96. The molecule has 0 radical (unpaired) electrons. The van der Waals surface area contributed by atoms with Gasteiger partial charge in [-0.2, -0.15) is 0 Å². The summed E-state index contributed by atoms with van der Waals surface area (Å²) in [7, 11) is 0. The molecular weight excluding hydrogens is 195 g/mol. The lowest BCUT2D eigenvalue weighted by Crippen LogP contribution is -2.11. The van der Waals surface area contributed by atoms with Gasteiger partial charge in [0.05, 0.1) is 5.92 Å². The molecule has 0 fully saturated rings. The Kier molecular flexibility index (Phi) is 3.61. The van der Waals surface area contributed by atoms with E-state index in [1.54, 1.807) is 6.92 Å². The molecule has 1 rings (SSSR count). The van der Waals surface area contributed by atoms with Gasteiger partial charge in [0.15, 0.2) is 0 Å². The molecule has 80 valence electrons. The van der Waals surface area contributed by atoms with E-state index in [9.17, 15) is 9.18 Å². The molecule has 0 saturated carbocycles. The summed E-state index contributed by atoms with van der Waals surface area (Å²) in [5.41, 5.74) is 1.40. The van der Waals surface area contributed by atoms with Crippen LogP contribution in [0.3, 0.4) is 0 Å². The Morgan fingerprint density at radius 2 is 2.00 bits per heavy atom. The second kappa shape index (κ2) is 4.73. The number of allylic oxidation sites excluding steroid dienone is 1. The molecule has 0 bridgehead atoms. The zero-order valence-electron chi connectivity index (χ0n) is 8.53. The standard InChI is InChI=1S/C12H13FO2/c1-8(2)7-11(12(14)15)9-3-5-10(13)6-4-9/h3-6,11H,1,7H2,2H3,(H,14,15). The van der Waals surface area contributed by atoms with Crippen molar-refractivity contribution in [2.75, 3.05) is 0 Å². The van der Waals surface area contributed by atoms with Crippen molar-refractivity contribution in [3.05, 3.63) is 47.8 Å². The minimum atomic E-state index is -0.912. The van der Waals surface area contributed by atoms with Gasteiger partial charge in [0.1, 0.15) is 5.82 Å². The van der Waals surface area contributed by atoms with E-state index in [1.165, 1.54) is 24.3 Å². The van der Waals surface area contributed by atoms with Crippen LogP contribution in [0.25, 0.3) is 0 Å². The fourth-order valence-electron chi connectivity index (χ4n) is 1.39. The lowest BCUT2D eigenvalue weighted by atomic mass is 9.93. The van der Waals surface area contributed by atoms with Crippen LogP contribution in [0.1, 0.15) is 24.8 Å². The van der Waals surface area contributed by atoms with Gasteiger partial charge in [-0.25, -0.2) is 4.39 Å². The molecule has 0 aliphatic rings. The van der Waals surface area contributed by atoms with Gasteiger partial charge >= 0.3 is 5.97 Å². The van der Waals surface area contributed by atoms with E-state index in [4.69, 9.17) is 5.11 Å². The number of halogens is 1. The van der Waals surface area contributed by atoms with Gasteiger partial charge in [-0.15, -0.1) is 6.58 Å². The van der Waals surface area contributed by atoms with Crippen LogP contribution >= 0.6 is 0 Å². The molecular formula is C12H13FO2. The Balaban J connectivity index is 2.94. The van der Waals surface area contributed by atoms with Crippen molar-refractivity contribution >= 4 is 5.97 Å². The van der Waals surface area contributed by atoms with Crippen LogP contribution in [0.5, 0.6) is 0 Å². The van der Waals surface area contributed by atoms with E-state index >= 15 is 0 Å². The van der Waals surface area contributed by atoms with E-state index in [2.05, 4.69) is 6.58 Å². The fourth-order valence-corrected chi connectivity index (χ4v) is 1.39. The van der Waals surface area contributed by atoms with Crippen molar-refractivity contribution in [3.63, 3.8) is 0 Å². The molecule has 1 unspecified atom stereocenters. The average molecular weight is 208 g/mol. The highest BCUT2D eigenvalue weighted by Gasteiger charge is 2.19. The summed E-state index contributed by atoms with van der Waals surface area (Å²) in [6.45, 7) is 5.46. The molecule has 0 saturated heterocycles. The van der Waals surface area contributed by atoms with Gasteiger partial charge in [-0.3, -0.25) is 4.79 Å². The minimum Gasteiger partial charge on any atom is -0.481 e. The molecule has 1 aromatic carbocycles. The maximum Gasteiger partial charge on any atom is 0.311 e. The molecule has 0 aromatic heterocycles. The van der Waals surface area contributed by atoms with Crippen molar-refractivity contribution in [2.45, 2.75) is 19.3 Å². The minimum absolute atomic E-state index is 0.363. The summed E-state index contributed by atoms with van der Waals surface area (Å²) in [5, 5.41) is 9.01. The summed E-state index contributed by atoms with van der Waals surface area (Å²) in [5.74, 6) is -1.91. The number of carbonyl (C=O) groups is 1. The van der Waals surface area contributed by atoms with Crippen LogP contribution in [0.4, 0.5) is 4.39 Å². The molecule has 0 aliphatic heterocycles. The fraction of sp³-hybridized carbons (Fsp3) is 0.250. The third-order valence-electron chi connectivity index (χ3n) is 2.12. The van der Waals surface area contributed by atoms with E-state index in [0.717, 1.165) is 5.57 Å². The number of hydrogen-bond donors (Lipinski definition) is 1. The zero-order valence-corrected chi connectivity index (χ0v) is 8.53. The van der Waals surface area contributed by atoms with E-state index in [0.29, 0.717) is 12.0 Å². The quantitative estimate of drug-likeness (QED) is 0.772. The molecule has 3 heteroatoms. The molecule has 0 aliphatic carbocycles. The van der Waals surface area contributed by atoms with Crippen LogP contribution in [-0.2, 0) is 4.79 Å². The highest BCUT2D eigenvalue weighted by Crippen LogP contribution is 2.23. The topological polar surface area (TPSA) is 37.3 Å². The number of aliphatic carboxylic acids is 1. The van der Waals surface area contributed by atoms with Gasteiger partial charge in [-0.1, -0.05) is 17.7 Å². The first-order valence-corrected chi connectivity index (χ1v) is 4.63. The second-order valence-corrected chi connectivity index (χ2v) is 3.60.